The summed E-state index contributed by atoms with van der Waals surface area (Å²) in [6, 6.07) is 15.4. The summed E-state index contributed by atoms with van der Waals surface area (Å²) in [5.74, 6) is 0.162. The highest BCUT2D eigenvalue weighted by Gasteiger charge is 2.20. The molecule has 0 aliphatic carbocycles. The lowest BCUT2D eigenvalue weighted by molar-refractivity contribution is -0.120. The van der Waals surface area contributed by atoms with E-state index in [0.29, 0.717) is 11.6 Å². The van der Waals surface area contributed by atoms with Crippen molar-refractivity contribution in [2.75, 3.05) is 12.3 Å². The average molecular weight is 379 g/mol. The zero-order valence-corrected chi connectivity index (χ0v) is 16.1. The second-order valence-corrected chi connectivity index (χ2v) is 7.35. The summed E-state index contributed by atoms with van der Waals surface area (Å²) < 4.78 is 0. The van der Waals surface area contributed by atoms with E-state index in [-0.39, 0.29) is 28.8 Å². The lowest BCUT2D eigenvalue weighted by Crippen LogP contribution is -2.34. The molecule has 0 saturated heterocycles. The summed E-state index contributed by atoms with van der Waals surface area (Å²) in [6.45, 7) is 4.38. The van der Waals surface area contributed by atoms with Gasteiger partial charge in [-0.15, -0.1) is 0 Å². The van der Waals surface area contributed by atoms with Crippen LogP contribution in [-0.4, -0.2) is 22.7 Å². The smallest absolute Gasteiger partial charge is 0.233 e. The Labute approximate surface area is 163 Å². The van der Waals surface area contributed by atoms with Crippen LogP contribution in [-0.2, 0) is 4.79 Å². The fourth-order valence-corrected chi connectivity index (χ4v) is 3.49. The number of nitrogens with one attached hydrogen (secondary N) is 1. The number of thioether (sulfide) groups is 1. The molecule has 1 heterocycles. The van der Waals surface area contributed by atoms with Crippen LogP contribution in [0.25, 0.3) is 0 Å². The predicted molar refractivity (Wildman–Crippen MR) is 106 cm³/mol. The second-order valence-electron chi connectivity index (χ2n) is 6.02. The van der Waals surface area contributed by atoms with Gasteiger partial charge in [-0.2, -0.15) is 10.5 Å². The second kappa shape index (κ2) is 9.61. The molecule has 3 N–H and O–H groups in total. The molecular weight excluding hydrogens is 358 g/mol. The molecule has 138 valence electrons. The van der Waals surface area contributed by atoms with Gasteiger partial charge in [0.05, 0.1) is 16.4 Å². The topological polar surface area (TPSA) is 116 Å². The number of nitrogens with zero attached hydrogens (tertiary/aromatic N) is 3. The summed E-state index contributed by atoms with van der Waals surface area (Å²) in [5.41, 5.74) is 7.31. The molecule has 0 bridgehead atoms. The molecule has 0 fully saturated rings. The molecule has 0 radical (unpaired) electrons. The number of nitrogens with two attached hydrogens (primary N) is 1. The van der Waals surface area contributed by atoms with E-state index in [1.807, 2.05) is 30.3 Å². The van der Waals surface area contributed by atoms with E-state index in [0.717, 1.165) is 18.2 Å². The Morgan fingerprint density at radius 3 is 2.52 bits per heavy atom. The van der Waals surface area contributed by atoms with E-state index in [2.05, 4.69) is 29.4 Å². The fourth-order valence-electron chi connectivity index (χ4n) is 2.58. The summed E-state index contributed by atoms with van der Waals surface area (Å²) in [4.78, 5) is 16.6. The number of nitriles is 2. The van der Waals surface area contributed by atoms with Gasteiger partial charge in [-0.3, -0.25) is 4.79 Å². The minimum absolute atomic E-state index is 0.0572. The van der Waals surface area contributed by atoms with Crippen LogP contribution in [0.3, 0.4) is 0 Å². The van der Waals surface area contributed by atoms with Crippen molar-refractivity contribution in [3.8, 4) is 12.1 Å². The third-order valence-corrected chi connectivity index (χ3v) is 5.30. The molecule has 1 aromatic carbocycles. The van der Waals surface area contributed by atoms with Gasteiger partial charge in [0.15, 0.2) is 0 Å². The first-order chi connectivity index (χ1) is 13.0. The quantitative estimate of drug-likeness (QED) is 0.714. The maximum atomic E-state index is 12.5. The van der Waals surface area contributed by atoms with Crippen molar-refractivity contribution in [1.82, 2.24) is 10.3 Å². The molecule has 0 saturated carbocycles. The van der Waals surface area contributed by atoms with Gasteiger partial charge >= 0.3 is 0 Å². The highest BCUT2D eigenvalue weighted by molar-refractivity contribution is 8.00. The Balaban J connectivity index is 2.03. The third kappa shape index (κ3) is 5.22. The number of aromatic nitrogens is 1. The van der Waals surface area contributed by atoms with E-state index in [1.54, 1.807) is 6.92 Å². The summed E-state index contributed by atoms with van der Waals surface area (Å²) >= 11 is 1.16. The van der Waals surface area contributed by atoms with E-state index in [1.165, 1.54) is 11.6 Å². The molecule has 1 aromatic heterocycles. The lowest BCUT2D eigenvalue weighted by atomic mass is 9.96. The Morgan fingerprint density at radius 2 is 1.93 bits per heavy atom. The van der Waals surface area contributed by atoms with Gasteiger partial charge in [0.1, 0.15) is 23.0 Å². The maximum Gasteiger partial charge on any atom is 0.233 e. The van der Waals surface area contributed by atoms with Gasteiger partial charge < -0.3 is 11.1 Å². The zero-order valence-electron chi connectivity index (χ0n) is 15.3. The van der Waals surface area contributed by atoms with Crippen LogP contribution in [0, 0.1) is 22.7 Å². The minimum atomic E-state index is -0.454. The maximum absolute atomic E-state index is 12.5. The van der Waals surface area contributed by atoms with Crippen LogP contribution in [0.5, 0.6) is 0 Å². The van der Waals surface area contributed by atoms with Crippen LogP contribution >= 0.6 is 11.8 Å². The standard InChI is InChI=1S/C20H21N5OS/c1-3-14(15-7-5-4-6-8-15)12-24-19(26)13(2)27-20-17(11-22)9-16(10-21)18(23)25-20/h4-9,13-14H,3,12H2,1-2H3,(H2,23,25)(H,24,26)/t13-,14+/m0/s1. The Morgan fingerprint density at radius 1 is 1.26 bits per heavy atom. The first kappa shape index (κ1) is 20.3. The summed E-state index contributed by atoms with van der Waals surface area (Å²) in [6.07, 6.45) is 0.915. The van der Waals surface area contributed by atoms with Gasteiger partial charge in [-0.05, 0) is 25.0 Å². The van der Waals surface area contributed by atoms with Crippen molar-refractivity contribution < 1.29 is 4.79 Å². The normalized spacial score (nSPS) is 12.4. The Bertz CT molecular complexity index is 886. The third-order valence-electron chi connectivity index (χ3n) is 4.20. The highest BCUT2D eigenvalue weighted by atomic mass is 32.2. The summed E-state index contributed by atoms with van der Waals surface area (Å²) in [7, 11) is 0. The van der Waals surface area contributed by atoms with E-state index in [4.69, 9.17) is 11.0 Å². The van der Waals surface area contributed by atoms with Crippen LogP contribution in [0.2, 0.25) is 0 Å². The highest BCUT2D eigenvalue weighted by Crippen LogP contribution is 2.27. The number of hydrogen-bond acceptors (Lipinski definition) is 6. The number of carbonyl (C=O) groups excluding carboxylic acids is 1. The molecule has 2 atom stereocenters. The molecule has 7 heteroatoms. The zero-order chi connectivity index (χ0) is 19.8. The number of benzene rings is 1. The number of anilines is 1. The number of pyridine rings is 1. The number of hydrogen-bond donors (Lipinski definition) is 2. The van der Waals surface area contributed by atoms with Gasteiger partial charge in [-0.1, -0.05) is 49.0 Å². The molecule has 6 nitrogen and oxygen atoms in total. The van der Waals surface area contributed by atoms with Gasteiger partial charge in [0.25, 0.3) is 0 Å². The monoisotopic (exact) mass is 379 g/mol. The molecule has 0 aliphatic rings. The van der Waals surface area contributed by atoms with Crippen molar-refractivity contribution in [2.24, 2.45) is 0 Å². The summed E-state index contributed by atoms with van der Waals surface area (Å²) in [5, 5.41) is 21.1. The van der Waals surface area contributed by atoms with Crippen molar-refractivity contribution in [3.05, 3.63) is 53.1 Å². The number of rotatable bonds is 7. The molecular formula is C20H21N5OS. The van der Waals surface area contributed by atoms with Gasteiger partial charge in [0, 0.05) is 12.5 Å². The van der Waals surface area contributed by atoms with E-state index < -0.39 is 5.25 Å². The Kier molecular flexibility index (Phi) is 7.22. The molecule has 1 amide bonds. The predicted octanol–water partition coefficient (Wildman–Crippen LogP) is 3.20. The van der Waals surface area contributed by atoms with Gasteiger partial charge in [-0.25, -0.2) is 4.98 Å². The van der Waals surface area contributed by atoms with Crippen LogP contribution in [0.15, 0.2) is 41.4 Å². The first-order valence-electron chi connectivity index (χ1n) is 8.60. The number of amides is 1. The van der Waals surface area contributed by atoms with Crippen LogP contribution in [0.4, 0.5) is 5.82 Å². The van der Waals surface area contributed by atoms with E-state index in [9.17, 15) is 10.1 Å². The SMILES string of the molecule is CC[C@H](CNC(=O)[C@H](C)Sc1nc(N)c(C#N)cc1C#N)c1ccccc1. The Hall–Kier alpha value is -3.03. The van der Waals surface area contributed by atoms with Crippen LogP contribution < -0.4 is 11.1 Å². The van der Waals surface area contributed by atoms with Gasteiger partial charge in [0.2, 0.25) is 5.91 Å². The largest absolute Gasteiger partial charge is 0.383 e. The molecule has 0 spiro atoms. The fraction of sp³-hybridized carbons (Fsp3) is 0.300. The molecule has 2 aromatic rings. The average Bonchev–Trinajstić information content (AvgIpc) is 2.69. The van der Waals surface area contributed by atoms with Crippen molar-refractivity contribution in [1.29, 1.82) is 10.5 Å². The first-order valence-corrected chi connectivity index (χ1v) is 9.48. The van der Waals surface area contributed by atoms with Crippen molar-refractivity contribution >= 4 is 23.5 Å². The number of carbonyl (C=O) groups is 1. The minimum Gasteiger partial charge on any atom is -0.383 e. The molecule has 0 unspecified atom stereocenters. The van der Waals surface area contributed by atoms with Crippen molar-refractivity contribution in [2.45, 2.75) is 36.5 Å². The van der Waals surface area contributed by atoms with E-state index >= 15 is 0 Å². The molecule has 2 rings (SSSR count). The number of nitrogen functional groups attached to an aromatic ring is 1. The van der Waals surface area contributed by atoms with Crippen molar-refractivity contribution in [3.63, 3.8) is 0 Å². The molecule has 0 aliphatic heterocycles. The molecule has 27 heavy (non-hydrogen) atoms. The van der Waals surface area contributed by atoms with Crippen LogP contribution in [0.1, 0.15) is 42.9 Å². The lowest BCUT2D eigenvalue weighted by Gasteiger charge is -2.18.